The van der Waals surface area contributed by atoms with Crippen LogP contribution < -0.4 is 20.3 Å². The summed E-state index contributed by atoms with van der Waals surface area (Å²) in [5.74, 6) is 3.19. The molecule has 9 heteroatoms. The monoisotopic (exact) mass is 508 g/mol. The van der Waals surface area contributed by atoms with Crippen LogP contribution in [0.4, 0.5) is 11.6 Å². The minimum Gasteiger partial charge on any atom is -0.496 e. The average molecular weight is 509 g/mol. The van der Waals surface area contributed by atoms with Gasteiger partial charge in [0.1, 0.15) is 23.7 Å². The summed E-state index contributed by atoms with van der Waals surface area (Å²) in [5.41, 5.74) is 3.36. The molecule has 2 aromatic heterocycles. The number of nitrogens with zero attached hydrogens (tertiary/aromatic N) is 4. The molecule has 4 rings (SSSR count). The molecular formula is C27H36N6O2S. The van der Waals surface area contributed by atoms with Crippen LogP contribution in [0.3, 0.4) is 0 Å². The first-order valence-corrected chi connectivity index (χ1v) is 12.1. The van der Waals surface area contributed by atoms with Gasteiger partial charge in [-0.25, -0.2) is 15.0 Å². The molecule has 0 spiro atoms. The molecule has 36 heavy (non-hydrogen) atoms. The second-order valence-electron chi connectivity index (χ2n) is 9.20. The first-order chi connectivity index (χ1) is 16.9. The number of pyridine rings is 1. The summed E-state index contributed by atoms with van der Waals surface area (Å²) in [6.45, 7) is 5.02. The van der Waals surface area contributed by atoms with Gasteiger partial charge in [-0.2, -0.15) is 13.5 Å². The van der Waals surface area contributed by atoms with Crippen LogP contribution in [-0.2, 0) is 0 Å². The van der Waals surface area contributed by atoms with Crippen LogP contribution in [0, 0.1) is 5.92 Å². The van der Waals surface area contributed by atoms with Gasteiger partial charge in [-0.15, -0.1) is 0 Å². The third-order valence-corrected chi connectivity index (χ3v) is 6.83. The van der Waals surface area contributed by atoms with Crippen molar-refractivity contribution in [3.63, 3.8) is 0 Å². The number of aromatic nitrogens is 3. The predicted molar refractivity (Wildman–Crippen MR) is 150 cm³/mol. The number of benzene rings is 1. The topological polar surface area (TPSA) is 92.3 Å². The van der Waals surface area contributed by atoms with Crippen molar-refractivity contribution in [3.8, 4) is 17.0 Å². The van der Waals surface area contributed by atoms with Gasteiger partial charge in [0.05, 0.1) is 12.8 Å². The van der Waals surface area contributed by atoms with Crippen molar-refractivity contribution in [3.05, 3.63) is 60.0 Å². The van der Waals surface area contributed by atoms with E-state index in [4.69, 9.17) is 4.74 Å². The molecular weight excluding hydrogens is 472 g/mol. The second-order valence-corrected chi connectivity index (χ2v) is 9.20. The summed E-state index contributed by atoms with van der Waals surface area (Å²) in [6, 6.07) is 12.1. The van der Waals surface area contributed by atoms with Gasteiger partial charge in [-0.1, -0.05) is 13.0 Å². The summed E-state index contributed by atoms with van der Waals surface area (Å²) >= 11 is 0. The number of carbonyl (C=O) groups excluding carboxylic acids is 1. The zero-order chi connectivity index (χ0) is 24.9. The molecule has 1 aliphatic carbocycles. The SMILES string of the molecule is CNC(=O)c1ccc([C@H](C)CNc2cc(-c3ccc(N(C)C(C)C4CC4)nc3)ncn2)c(OC)c1.S. The number of amides is 1. The lowest BCUT2D eigenvalue weighted by Gasteiger charge is -2.26. The van der Waals surface area contributed by atoms with Crippen molar-refractivity contribution in [2.45, 2.75) is 38.6 Å². The molecule has 1 saturated carbocycles. The Bertz CT molecular complexity index is 1170. The summed E-state index contributed by atoms with van der Waals surface area (Å²) in [5, 5.41) is 6.04. The second kappa shape index (κ2) is 12.1. The Morgan fingerprint density at radius 3 is 2.56 bits per heavy atom. The quantitative estimate of drug-likeness (QED) is 0.417. The first-order valence-electron chi connectivity index (χ1n) is 12.1. The standard InChI is InChI=1S/C27H34N6O2.H2S/c1-17(22-10-8-20(27(34)28-3)12-24(22)35-5)14-29-25-13-23(31-16-32-25)21-9-11-26(30-15-21)33(4)18(2)19-6-7-19;/h8-13,15-19H,6-7,14H2,1-5H3,(H,28,34)(H,29,31,32);1H2/t17-,18?;/m1./s1. The maximum Gasteiger partial charge on any atom is 0.251 e. The Morgan fingerprint density at radius 2 is 1.92 bits per heavy atom. The molecule has 8 nitrogen and oxygen atoms in total. The van der Waals surface area contributed by atoms with Crippen LogP contribution in [0.5, 0.6) is 5.75 Å². The van der Waals surface area contributed by atoms with Crippen molar-refractivity contribution in [2.75, 3.05) is 38.0 Å². The summed E-state index contributed by atoms with van der Waals surface area (Å²) in [4.78, 5) is 27.7. The van der Waals surface area contributed by atoms with Crippen LogP contribution in [0.2, 0.25) is 0 Å². The highest BCUT2D eigenvalue weighted by molar-refractivity contribution is 7.59. The fraction of sp³-hybridized carbons (Fsp3) is 0.407. The van der Waals surface area contributed by atoms with Gasteiger partial charge < -0.3 is 20.3 Å². The number of anilines is 2. The van der Waals surface area contributed by atoms with Gasteiger partial charge in [0.2, 0.25) is 0 Å². The molecule has 1 unspecified atom stereocenters. The maximum absolute atomic E-state index is 11.9. The number of methoxy groups -OCH3 is 1. The number of hydrogen-bond acceptors (Lipinski definition) is 7. The van der Waals surface area contributed by atoms with Crippen LogP contribution in [0.25, 0.3) is 11.3 Å². The molecule has 1 aromatic carbocycles. The van der Waals surface area contributed by atoms with E-state index in [1.54, 1.807) is 26.6 Å². The van der Waals surface area contributed by atoms with Gasteiger partial charge >= 0.3 is 0 Å². The Kier molecular flexibility index (Phi) is 9.14. The van der Waals surface area contributed by atoms with E-state index in [0.717, 1.165) is 34.4 Å². The van der Waals surface area contributed by atoms with Gasteiger partial charge in [0.25, 0.3) is 5.91 Å². The lowest BCUT2D eigenvalue weighted by molar-refractivity contribution is 0.0962. The lowest BCUT2D eigenvalue weighted by Crippen LogP contribution is -2.31. The molecule has 1 aliphatic rings. The molecule has 192 valence electrons. The Balaban J connectivity index is 0.00000361. The fourth-order valence-electron chi connectivity index (χ4n) is 4.23. The summed E-state index contributed by atoms with van der Waals surface area (Å²) in [7, 11) is 5.34. The normalized spacial score (nSPS) is 14.2. The molecule has 2 heterocycles. The molecule has 2 atom stereocenters. The van der Waals surface area contributed by atoms with Crippen molar-refractivity contribution < 1.29 is 9.53 Å². The first kappa shape index (κ1) is 27.3. The van der Waals surface area contributed by atoms with Crippen LogP contribution >= 0.6 is 13.5 Å². The number of rotatable bonds is 10. The van der Waals surface area contributed by atoms with E-state index in [1.165, 1.54) is 12.8 Å². The maximum atomic E-state index is 11.9. The highest BCUT2D eigenvalue weighted by atomic mass is 32.1. The van der Waals surface area contributed by atoms with Crippen molar-refractivity contribution >= 4 is 31.0 Å². The molecule has 2 N–H and O–H groups in total. The molecule has 0 aliphatic heterocycles. The van der Waals surface area contributed by atoms with Crippen molar-refractivity contribution in [2.24, 2.45) is 5.92 Å². The Labute approximate surface area is 220 Å². The summed E-state index contributed by atoms with van der Waals surface area (Å²) in [6.07, 6.45) is 6.06. The van der Waals surface area contributed by atoms with E-state index in [1.807, 2.05) is 24.4 Å². The number of carbonyl (C=O) groups is 1. The molecule has 0 saturated heterocycles. The highest BCUT2D eigenvalue weighted by Crippen LogP contribution is 2.36. The number of hydrogen-bond donors (Lipinski definition) is 2. The van der Waals surface area contributed by atoms with Gasteiger partial charge in [-0.3, -0.25) is 4.79 Å². The molecule has 1 fully saturated rings. The van der Waals surface area contributed by atoms with E-state index >= 15 is 0 Å². The number of nitrogens with one attached hydrogen (secondary N) is 2. The van der Waals surface area contributed by atoms with Gasteiger partial charge in [0.15, 0.2) is 0 Å². The molecule has 1 amide bonds. The smallest absolute Gasteiger partial charge is 0.251 e. The van der Waals surface area contributed by atoms with Crippen molar-refractivity contribution in [1.29, 1.82) is 0 Å². The van der Waals surface area contributed by atoms with Crippen LogP contribution in [0.15, 0.2) is 48.9 Å². The van der Waals surface area contributed by atoms with Crippen molar-refractivity contribution in [1.82, 2.24) is 20.3 Å². The molecule has 0 bridgehead atoms. The van der Waals surface area contributed by atoms with E-state index in [9.17, 15) is 4.79 Å². The fourth-order valence-corrected chi connectivity index (χ4v) is 4.23. The Hall–Kier alpha value is -3.33. The minimum atomic E-state index is -0.138. The highest BCUT2D eigenvalue weighted by Gasteiger charge is 2.31. The molecule has 3 aromatic rings. The molecule has 0 radical (unpaired) electrons. The van der Waals surface area contributed by atoms with E-state index in [-0.39, 0.29) is 25.3 Å². The van der Waals surface area contributed by atoms with Crippen LogP contribution in [-0.4, -0.2) is 54.7 Å². The lowest BCUT2D eigenvalue weighted by atomic mass is 9.98. The number of ether oxygens (including phenoxy) is 1. The zero-order valence-electron chi connectivity index (χ0n) is 21.6. The van der Waals surface area contributed by atoms with Gasteiger partial charge in [-0.05, 0) is 55.5 Å². The zero-order valence-corrected chi connectivity index (χ0v) is 22.6. The van der Waals surface area contributed by atoms with E-state index in [2.05, 4.69) is 63.5 Å². The Morgan fingerprint density at radius 1 is 1.14 bits per heavy atom. The third-order valence-electron chi connectivity index (χ3n) is 6.83. The largest absolute Gasteiger partial charge is 0.496 e. The van der Waals surface area contributed by atoms with Crippen LogP contribution in [0.1, 0.15) is 48.5 Å². The summed E-state index contributed by atoms with van der Waals surface area (Å²) < 4.78 is 5.54. The van der Waals surface area contributed by atoms with Gasteiger partial charge in [0, 0.05) is 56.0 Å². The van der Waals surface area contributed by atoms with E-state index < -0.39 is 0 Å². The van der Waals surface area contributed by atoms with E-state index in [0.29, 0.717) is 23.9 Å². The predicted octanol–water partition coefficient (Wildman–Crippen LogP) is 4.47. The third kappa shape index (κ3) is 6.26. The average Bonchev–Trinajstić information content (AvgIpc) is 3.76. The minimum absolute atomic E-state index is 0.